The molecule has 0 radical (unpaired) electrons. The summed E-state index contributed by atoms with van der Waals surface area (Å²) in [7, 11) is 0. The lowest BCUT2D eigenvalue weighted by Gasteiger charge is -2.10. The third-order valence-corrected chi connectivity index (χ3v) is 3.58. The molecule has 1 aliphatic carbocycles. The topological polar surface area (TPSA) is 43.8 Å². The Bertz CT molecular complexity index is 313. The van der Waals surface area contributed by atoms with Gasteiger partial charge in [0.05, 0.1) is 11.7 Å². The van der Waals surface area contributed by atoms with Crippen molar-refractivity contribution < 1.29 is 0 Å². The summed E-state index contributed by atoms with van der Waals surface area (Å²) in [6.45, 7) is 3.03. The number of nitrogens with two attached hydrogens (primary N) is 1. The number of aromatic nitrogens is 2. The molecular formula is C13H23N3. The van der Waals surface area contributed by atoms with Crippen LogP contribution < -0.4 is 5.73 Å². The van der Waals surface area contributed by atoms with E-state index in [9.17, 15) is 0 Å². The second-order valence-electron chi connectivity index (χ2n) is 5.11. The highest BCUT2D eigenvalue weighted by atomic mass is 15.3. The van der Waals surface area contributed by atoms with Gasteiger partial charge in [-0.05, 0) is 44.2 Å². The lowest BCUT2D eigenvalue weighted by atomic mass is 10.0. The fraction of sp³-hybridized carbons (Fsp3) is 0.769. The molecule has 0 saturated heterocycles. The minimum absolute atomic E-state index is 0.650. The smallest absolute Gasteiger partial charge is 0.0627 e. The lowest BCUT2D eigenvalue weighted by Crippen LogP contribution is -2.10. The van der Waals surface area contributed by atoms with Crippen molar-refractivity contribution in [2.45, 2.75) is 51.5 Å². The van der Waals surface area contributed by atoms with Gasteiger partial charge in [-0.2, -0.15) is 5.10 Å². The Kier molecular flexibility index (Phi) is 3.99. The third-order valence-electron chi connectivity index (χ3n) is 3.58. The van der Waals surface area contributed by atoms with E-state index in [2.05, 4.69) is 23.9 Å². The molecular weight excluding hydrogens is 198 g/mol. The summed E-state index contributed by atoms with van der Waals surface area (Å²) in [6, 6.07) is 2.84. The van der Waals surface area contributed by atoms with Gasteiger partial charge in [0.25, 0.3) is 0 Å². The van der Waals surface area contributed by atoms with E-state index in [1.165, 1.54) is 31.4 Å². The zero-order valence-electron chi connectivity index (χ0n) is 10.2. The van der Waals surface area contributed by atoms with Crippen molar-refractivity contribution in [3.8, 4) is 0 Å². The molecule has 1 unspecified atom stereocenters. The van der Waals surface area contributed by atoms with Gasteiger partial charge in [0, 0.05) is 6.20 Å². The molecule has 1 heterocycles. The highest BCUT2D eigenvalue weighted by Crippen LogP contribution is 2.28. The predicted octanol–water partition coefficient (Wildman–Crippen LogP) is 2.53. The first-order chi connectivity index (χ1) is 7.79. The summed E-state index contributed by atoms with van der Waals surface area (Å²) in [4.78, 5) is 0. The Labute approximate surface area is 98.0 Å². The minimum Gasteiger partial charge on any atom is -0.330 e. The van der Waals surface area contributed by atoms with E-state index in [0.29, 0.717) is 12.0 Å². The molecule has 3 nitrogen and oxygen atoms in total. The van der Waals surface area contributed by atoms with Gasteiger partial charge in [-0.3, -0.25) is 4.68 Å². The van der Waals surface area contributed by atoms with Crippen LogP contribution in [0.1, 0.15) is 50.8 Å². The van der Waals surface area contributed by atoms with Crippen molar-refractivity contribution in [2.24, 2.45) is 11.7 Å². The molecule has 1 aromatic rings. The molecule has 3 heteroatoms. The van der Waals surface area contributed by atoms with Gasteiger partial charge in [-0.1, -0.05) is 19.8 Å². The maximum Gasteiger partial charge on any atom is 0.0627 e. The first-order valence-electron chi connectivity index (χ1n) is 6.53. The summed E-state index contributed by atoms with van der Waals surface area (Å²) in [6.07, 6.45) is 9.65. The highest BCUT2D eigenvalue weighted by Gasteiger charge is 2.17. The second-order valence-corrected chi connectivity index (χ2v) is 5.11. The summed E-state index contributed by atoms with van der Waals surface area (Å²) in [5, 5.41) is 4.69. The molecule has 90 valence electrons. The van der Waals surface area contributed by atoms with E-state index in [1.54, 1.807) is 0 Å². The van der Waals surface area contributed by atoms with Crippen LogP contribution >= 0.6 is 0 Å². The van der Waals surface area contributed by atoms with Gasteiger partial charge in [-0.15, -0.1) is 0 Å². The van der Waals surface area contributed by atoms with Crippen molar-refractivity contribution in [3.63, 3.8) is 0 Å². The lowest BCUT2D eigenvalue weighted by molar-refractivity contribution is 0.455. The quantitative estimate of drug-likeness (QED) is 0.830. The second kappa shape index (κ2) is 5.48. The molecule has 2 rings (SSSR count). The van der Waals surface area contributed by atoms with E-state index < -0.39 is 0 Å². The van der Waals surface area contributed by atoms with Crippen LogP contribution in [-0.4, -0.2) is 16.3 Å². The van der Waals surface area contributed by atoms with E-state index in [4.69, 9.17) is 10.8 Å². The van der Waals surface area contributed by atoms with Crippen LogP contribution in [0.3, 0.4) is 0 Å². The molecule has 1 aromatic heterocycles. The zero-order chi connectivity index (χ0) is 11.4. The summed E-state index contributed by atoms with van der Waals surface area (Å²) >= 11 is 0. The van der Waals surface area contributed by atoms with E-state index in [0.717, 1.165) is 19.4 Å². The van der Waals surface area contributed by atoms with Gasteiger partial charge < -0.3 is 5.73 Å². The third kappa shape index (κ3) is 2.85. The Morgan fingerprint density at radius 2 is 2.25 bits per heavy atom. The van der Waals surface area contributed by atoms with Crippen molar-refractivity contribution in [1.29, 1.82) is 0 Å². The SMILES string of the molecule is CC(CCN)Cc1ccn(C2CCCC2)n1. The Hall–Kier alpha value is -0.830. The summed E-state index contributed by atoms with van der Waals surface area (Å²) in [5.74, 6) is 0.650. The van der Waals surface area contributed by atoms with Crippen LogP contribution in [0.15, 0.2) is 12.3 Å². The van der Waals surface area contributed by atoms with Crippen LogP contribution in [0.5, 0.6) is 0 Å². The van der Waals surface area contributed by atoms with Gasteiger partial charge in [0.15, 0.2) is 0 Å². The number of hydrogen-bond donors (Lipinski definition) is 1. The first kappa shape index (κ1) is 11.6. The summed E-state index contributed by atoms with van der Waals surface area (Å²) in [5.41, 5.74) is 6.79. The standard InChI is InChI=1S/C13H23N3/c1-11(6-8-14)10-12-7-9-16(15-12)13-4-2-3-5-13/h7,9,11,13H,2-6,8,10,14H2,1H3. The molecule has 1 fully saturated rings. The van der Waals surface area contributed by atoms with Crippen LogP contribution in [0.4, 0.5) is 0 Å². The molecule has 0 spiro atoms. The maximum absolute atomic E-state index is 5.56. The van der Waals surface area contributed by atoms with Gasteiger partial charge in [0.1, 0.15) is 0 Å². The molecule has 0 aromatic carbocycles. The first-order valence-corrected chi connectivity index (χ1v) is 6.53. The van der Waals surface area contributed by atoms with Crippen molar-refractivity contribution in [2.75, 3.05) is 6.54 Å². The van der Waals surface area contributed by atoms with Crippen molar-refractivity contribution in [1.82, 2.24) is 9.78 Å². The van der Waals surface area contributed by atoms with Gasteiger partial charge in [-0.25, -0.2) is 0 Å². The van der Waals surface area contributed by atoms with E-state index >= 15 is 0 Å². The van der Waals surface area contributed by atoms with Gasteiger partial charge in [0.2, 0.25) is 0 Å². The number of nitrogens with zero attached hydrogens (tertiary/aromatic N) is 2. The van der Waals surface area contributed by atoms with E-state index in [1.807, 2.05) is 0 Å². The highest BCUT2D eigenvalue weighted by molar-refractivity contribution is 5.01. The molecule has 2 N–H and O–H groups in total. The van der Waals surface area contributed by atoms with Crippen molar-refractivity contribution >= 4 is 0 Å². The van der Waals surface area contributed by atoms with Crippen LogP contribution in [-0.2, 0) is 6.42 Å². The maximum atomic E-state index is 5.56. The number of rotatable bonds is 5. The van der Waals surface area contributed by atoms with E-state index in [-0.39, 0.29) is 0 Å². The van der Waals surface area contributed by atoms with Crippen LogP contribution in [0.25, 0.3) is 0 Å². The van der Waals surface area contributed by atoms with Crippen LogP contribution in [0, 0.1) is 5.92 Å². The molecule has 0 aliphatic heterocycles. The molecule has 16 heavy (non-hydrogen) atoms. The fourth-order valence-electron chi connectivity index (χ4n) is 2.60. The fourth-order valence-corrected chi connectivity index (χ4v) is 2.60. The molecule has 1 aliphatic rings. The molecule has 1 atom stereocenters. The summed E-state index contributed by atoms with van der Waals surface area (Å²) < 4.78 is 2.18. The van der Waals surface area contributed by atoms with Gasteiger partial charge >= 0.3 is 0 Å². The minimum atomic E-state index is 0.650. The average molecular weight is 221 g/mol. The predicted molar refractivity (Wildman–Crippen MR) is 66.3 cm³/mol. The largest absolute Gasteiger partial charge is 0.330 e. The Morgan fingerprint density at radius 3 is 2.94 bits per heavy atom. The molecule has 0 bridgehead atoms. The normalized spacial score (nSPS) is 19.1. The molecule has 1 saturated carbocycles. The van der Waals surface area contributed by atoms with Crippen LogP contribution in [0.2, 0.25) is 0 Å². The number of hydrogen-bond acceptors (Lipinski definition) is 2. The Morgan fingerprint density at radius 1 is 1.50 bits per heavy atom. The Balaban J connectivity index is 1.91. The zero-order valence-corrected chi connectivity index (χ0v) is 10.2. The average Bonchev–Trinajstić information content (AvgIpc) is 2.86. The monoisotopic (exact) mass is 221 g/mol. The molecule has 0 amide bonds. The van der Waals surface area contributed by atoms with Crippen molar-refractivity contribution in [3.05, 3.63) is 18.0 Å².